The third kappa shape index (κ3) is 6.21. The molecule has 52 heavy (non-hydrogen) atoms. The smallest absolute Gasteiger partial charge is 0.375 e. The van der Waals surface area contributed by atoms with E-state index in [0.29, 0.717) is 54.4 Å². The number of aryl methyl sites for hydroxylation is 1. The predicted octanol–water partition coefficient (Wildman–Crippen LogP) is 4.12. The maximum absolute atomic E-state index is 13.9. The molecular formula is C40H45NO11. The normalized spacial score (nSPS) is 22.4. The number of aliphatic hydroxyl groups is 4. The first-order valence-electron chi connectivity index (χ1n) is 18.1. The van der Waals surface area contributed by atoms with Gasteiger partial charge in [0.25, 0.3) is 0 Å². The Labute approximate surface area is 301 Å². The Kier molecular flexibility index (Phi) is 10.0. The fraction of sp³-hybridized carbons (Fsp3) is 0.475. The fourth-order valence-electron chi connectivity index (χ4n) is 8.22. The number of ketones is 1. The number of hydrogen-bond donors (Lipinski definition) is 5. The van der Waals surface area contributed by atoms with Gasteiger partial charge in [0, 0.05) is 60.7 Å². The molecule has 0 radical (unpaired) electrons. The van der Waals surface area contributed by atoms with Gasteiger partial charge in [-0.25, -0.2) is 4.79 Å². The van der Waals surface area contributed by atoms with Crippen LogP contribution >= 0.6 is 0 Å². The lowest BCUT2D eigenvalue weighted by molar-refractivity contribution is -0.141. The number of allylic oxidation sites excluding steroid dienone is 3. The molecule has 2 aromatic carbocycles. The van der Waals surface area contributed by atoms with Crippen molar-refractivity contribution in [2.45, 2.75) is 89.4 Å². The number of nitrogens with one attached hydrogen (secondary N) is 1. The van der Waals surface area contributed by atoms with Gasteiger partial charge < -0.3 is 44.4 Å². The summed E-state index contributed by atoms with van der Waals surface area (Å²) in [5.41, 5.74) is 3.57. The first kappa shape index (κ1) is 35.9. The molecular weight excluding hydrogens is 670 g/mol. The van der Waals surface area contributed by atoms with Crippen LogP contribution in [0.1, 0.15) is 86.1 Å². The number of rotatable bonds is 9. The van der Waals surface area contributed by atoms with Crippen molar-refractivity contribution in [3.8, 4) is 17.2 Å². The molecule has 1 fully saturated rings. The summed E-state index contributed by atoms with van der Waals surface area (Å²) in [7, 11) is 0. The van der Waals surface area contributed by atoms with Crippen molar-refractivity contribution in [1.29, 1.82) is 0 Å². The summed E-state index contributed by atoms with van der Waals surface area (Å²) in [4.78, 5) is 43.8. The van der Waals surface area contributed by atoms with Gasteiger partial charge in [0.2, 0.25) is 5.76 Å². The van der Waals surface area contributed by atoms with E-state index in [1.165, 1.54) is 0 Å². The molecule has 4 heterocycles. The molecule has 1 aromatic heterocycles. The second kappa shape index (κ2) is 14.5. The molecule has 3 aliphatic heterocycles. The van der Waals surface area contributed by atoms with E-state index in [4.69, 9.17) is 18.9 Å². The van der Waals surface area contributed by atoms with Crippen LogP contribution in [-0.4, -0.2) is 81.6 Å². The first-order valence-corrected chi connectivity index (χ1v) is 18.1. The summed E-state index contributed by atoms with van der Waals surface area (Å²) in [5.74, 6) is -1.46. The molecule has 0 spiro atoms. The van der Waals surface area contributed by atoms with E-state index >= 15 is 0 Å². The van der Waals surface area contributed by atoms with Crippen molar-refractivity contribution in [2.75, 3.05) is 26.4 Å². The monoisotopic (exact) mass is 715 g/mol. The van der Waals surface area contributed by atoms with Crippen LogP contribution in [0.2, 0.25) is 0 Å². The quantitative estimate of drug-likeness (QED) is 0.159. The number of aldehydes is 1. The van der Waals surface area contributed by atoms with Crippen LogP contribution in [0.15, 0.2) is 41.3 Å². The molecule has 4 atom stereocenters. The Balaban J connectivity index is 1.51. The third-order valence-corrected chi connectivity index (χ3v) is 11.0. The second-order valence-corrected chi connectivity index (χ2v) is 14.4. The highest BCUT2D eigenvalue weighted by Crippen LogP contribution is 2.57. The highest BCUT2D eigenvalue weighted by molar-refractivity contribution is 6.11. The Morgan fingerprint density at radius 3 is 2.67 bits per heavy atom. The minimum absolute atomic E-state index is 0.0131. The molecule has 1 saturated carbocycles. The molecule has 0 saturated heterocycles. The van der Waals surface area contributed by atoms with Crippen LogP contribution < -0.4 is 14.2 Å². The average Bonchev–Trinajstić information content (AvgIpc) is 3.80. The molecule has 276 valence electrons. The van der Waals surface area contributed by atoms with Crippen molar-refractivity contribution >= 4 is 34.5 Å². The first-order chi connectivity index (χ1) is 25.1. The van der Waals surface area contributed by atoms with Gasteiger partial charge in [-0.05, 0) is 87.1 Å². The van der Waals surface area contributed by atoms with Gasteiger partial charge in [0.1, 0.15) is 29.1 Å². The van der Waals surface area contributed by atoms with Gasteiger partial charge in [-0.15, -0.1) is 0 Å². The van der Waals surface area contributed by atoms with E-state index in [1.54, 1.807) is 13.8 Å². The average molecular weight is 716 g/mol. The van der Waals surface area contributed by atoms with Crippen LogP contribution in [0.5, 0.6) is 17.2 Å². The SMILES string of the molecule is CCOC(=O)C1=C(C=O)C2=C3CCC(=O)C(C3)c3cc4cc[nH]c4cc3CCC(CO)COc3c4c(c(CO)c(c32)O1)OC(C(C)(O)CCCO)C4. The van der Waals surface area contributed by atoms with Crippen molar-refractivity contribution < 1.29 is 53.8 Å². The molecule has 4 aliphatic rings. The third-order valence-electron chi connectivity index (χ3n) is 11.0. The number of aliphatic hydroxyl groups excluding tert-OH is 3. The highest BCUT2D eigenvalue weighted by atomic mass is 16.6. The Morgan fingerprint density at radius 2 is 1.94 bits per heavy atom. The van der Waals surface area contributed by atoms with Gasteiger partial charge in [0.05, 0.1) is 42.1 Å². The molecule has 2 bridgehead atoms. The summed E-state index contributed by atoms with van der Waals surface area (Å²) in [6.45, 7) is 2.46. The highest BCUT2D eigenvalue weighted by Gasteiger charge is 2.46. The van der Waals surface area contributed by atoms with Crippen LogP contribution in [0.4, 0.5) is 0 Å². The number of benzene rings is 2. The van der Waals surface area contributed by atoms with Crippen molar-refractivity contribution in [3.63, 3.8) is 0 Å². The number of carbonyl (C=O) groups excluding carboxylic acids is 3. The largest absolute Gasteiger partial charge is 0.492 e. The number of aromatic nitrogens is 1. The summed E-state index contributed by atoms with van der Waals surface area (Å²) in [6, 6.07) is 6.06. The van der Waals surface area contributed by atoms with Gasteiger partial charge in [-0.3, -0.25) is 9.59 Å². The standard InChI is InChI=1S/C40H45NO11/c1-3-49-39(47)38-28(18-44)33-24-7-8-31(46)26(14-24)25-13-23-9-11-41-30(23)15-22(25)6-5-21(17-43)20-50-36-27-16-32(40(2,48)10-4-12-42)51-35(27)29(19-45)37(52-38)34(33)36/h9,11,13,15,18,21,26,32,41-43,45,48H,3-8,10,12,14,16-17,19-20H2,1-2H3. The predicted molar refractivity (Wildman–Crippen MR) is 189 cm³/mol. The molecule has 3 aromatic rings. The summed E-state index contributed by atoms with van der Waals surface area (Å²) < 4.78 is 24.7. The lowest BCUT2D eigenvalue weighted by Gasteiger charge is -2.32. The molecule has 7 rings (SSSR count). The van der Waals surface area contributed by atoms with Crippen LogP contribution in [0, 0.1) is 5.92 Å². The number of carbonyl (C=O) groups is 3. The summed E-state index contributed by atoms with van der Waals surface area (Å²) in [6.07, 6.45) is 4.22. The van der Waals surface area contributed by atoms with E-state index in [1.807, 2.05) is 18.3 Å². The lowest BCUT2D eigenvalue weighted by atomic mass is 9.74. The Bertz CT molecular complexity index is 1990. The lowest BCUT2D eigenvalue weighted by Crippen LogP contribution is -2.42. The number of fused-ring (bicyclic) bond motifs is 7. The number of hydrogen-bond acceptors (Lipinski definition) is 11. The maximum atomic E-state index is 13.9. The van der Waals surface area contributed by atoms with Crippen LogP contribution in [0.3, 0.4) is 0 Å². The van der Waals surface area contributed by atoms with Gasteiger partial charge in [0.15, 0.2) is 6.29 Å². The van der Waals surface area contributed by atoms with E-state index < -0.39 is 30.2 Å². The van der Waals surface area contributed by atoms with Gasteiger partial charge >= 0.3 is 5.97 Å². The van der Waals surface area contributed by atoms with Crippen LogP contribution in [0.25, 0.3) is 16.5 Å². The molecule has 4 unspecified atom stereocenters. The topological polar surface area (TPSA) is 185 Å². The molecule has 12 nitrogen and oxygen atoms in total. The zero-order valence-corrected chi connectivity index (χ0v) is 29.5. The minimum Gasteiger partial charge on any atom is -0.492 e. The Morgan fingerprint density at radius 1 is 1.12 bits per heavy atom. The molecule has 5 N–H and O–H groups in total. The number of H-pyrrole nitrogens is 1. The van der Waals surface area contributed by atoms with E-state index in [9.17, 15) is 34.8 Å². The molecule has 1 aliphatic carbocycles. The number of Topliss-reactive ketones (excluding diaryl/α,β-unsaturated/α-hetero) is 1. The number of esters is 1. The number of aromatic amines is 1. The van der Waals surface area contributed by atoms with Gasteiger partial charge in [-0.1, -0.05) is 5.57 Å². The second-order valence-electron chi connectivity index (χ2n) is 14.4. The van der Waals surface area contributed by atoms with E-state index in [-0.39, 0.29) is 92.2 Å². The summed E-state index contributed by atoms with van der Waals surface area (Å²) >= 11 is 0. The summed E-state index contributed by atoms with van der Waals surface area (Å²) in [5, 5.41) is 43.5. The number of ether oxygens (including phenoxy) is 4. The molecule has 0 amide bonds. The zero-order valence-electron chi connectivity index (χ0n) is 29.5. The van der Waals surface area contributed by atoms with Gasteiger partial charge in [-0.2, -0.15) is 0 Å². The molecule has 12 heteroatoms. The van der Waals surface area contributed by atoms with Crippen LogP contribution in [-0.2, 0) is 38.6 Å². The van der Waals surface area contributed by atoms with Crippen molar-refractivity contribution in [1.82, 2.24) is 4.98 Å². The van der Waals surface area contributed by atoms with E-state index in [0.717, 1.165) is 27.6 Å². The van der Waals surface area contributed by atoms with Crippen molar-refractivity contribution in [2.24, 2.45) is 5.92 Å². The minimum atomic E-state index is -1.38. The van der Waals surface area contributed by atoms with E-state index in [2.05, 4.69) is 11.1 Å². The Hall–Kier alpha value is -4.49. The zero-order chi connectivity index (χ0) is 36.7. The van der Waals surface area contributed by atoms with Crippen molar-refractivity contribution in [3.05, 3.63) is 69.1 Å². The maximum Gasteiger partial charge on any atom is 0.375 e. The fourth-order valence-corrected chi connectivity index (χ4v) is 8.22.